The van der Waals surface area contributed by atoms with Crippen LogP contribution >= 0.6 is 0 Å². The quantitative estimate of drug-likeness (QED) is 0.827. The summed E-state index contributed by atoms with van der Waals surface area (Å²) in [6.07, 6.45) is 0. The van der Waals surface area contributed by atoms with Crippen molar-refractivity contribution in [2.75, 3.05) is 13.7 Å². The molecular formula is C13H21NO. The van der Waals surface area contributed by atoms with Crippen LogP contribution in [0.5, 0.6) is 0 Å². The Morgan fingerprint density at radius 1 is 1.20 bits per heavy atom. The van der Waals surface area contributed by atoms with Gasteiger partial charge in [0.15, 0.2) is 0 Å². The maximum atomic E-state index is 5.94. The lowest BCUT2D eigenvalue weighted by Gasteiger charge is -2.20. The highest BCUT2D eigenvalue weighted by Crippen LogP contribution is 2.23. The molecule has 1 aromatic carbocycles. The molecule has 2 N–H and O–H groups in total. The Kier molecular flexibility index (Phi) is 3.89. The summed E-state index contributed by atoms with van der Waals surface area (Å²) in [5.74, 6) is 0. The first kappa shape index (κ1) is 12.2. The van der Waals surface area contributed by atoms with Crippen molar-refractivity contribution in [1.29, 1.82) is 0 Å². The van der Waals surface area contributed by atoms with Crippen molar-refractivity contribution in [3.8, 4) is 0 Å². The third-order valence-electron chi connectivity index (χ3n) is 2.55. The summed E-state index contributed by atoms with van der Waals surface area (Å²) in [5.41, 5.74) is 8.60. The van der Waals surface area contributed by atoms with Gasteiger partial charge in [0.2, 0.25) is 0 Å². The van der Waals surface area contributed by atoms with Crippen LogP contribution in [0.4, 0.5) is 0 Å². The van der Waals surface area contributed by atoms with Crippen molar-refractivity contribution in [2.24, 2.45) is 5.73 Å². The van der Waals surface area contributed by atoms with Crippen molar-refractivity contribution in [3.63, 3.8) is 0 Å². The molecule has 0 unspecified atom stereocenters. The Labute approximate surface area is 92.4 Å². The Morgan fingerprint density at radius 3 is 2.13 bits per heavy atom. The van der Waals surface area contributed by atoms with Crippen LogP contribution < -0.4 is 5.73 Å². The molecule has 15 heavy (non-hydrogen) atoms. The monoisotopic (exact) mass is 207 g/mol. The molecule has 2 heteroatoms. The third kappa shape index (κ3) is 3.33. The van der Waals surface area contributed by atoms with E-state index in [-0.39, 0.29) is 11.5 Å². The van der Waals surface area contributed by atoms with Crippen LogP contribution in [-0.2, 0) is 10.2 Å². The van der Waals surface area contributed by atoms with Gasteiger partial charge in [-0.1, -0.05) is 45.0 Å². The van der Waals surface area contributed by atoms with Crippen LogP contribution in [0, 0.1) is 0 Å². The predicted octanol–water partition coefficient (Wildman–Crippen LogP) is 2.63. The summed E-state index contributed by atoms with van der Waals surface area (Å²) in [7, 11) is 1.67. The molecule has 0 amide bonds. The summed E-state index contributed by atoms with van der Waals surface area (Å²) in [6, 6.07) is 8.44. The molecule has 0 aliphatic carbocycles. The molecule has 0 heterocycles. The molecule has 0 aliphatic rings. The molecular weight excluding hydrogens is 186 g/mol. The summed E-state index contributed by atoms with van der Waals surface area (Å²) >= 11 is 0. The van der Waals surface area contributed by atoms with Gasteiger partial charge in [-0.3, -0.25) is 0 Å². The van der Waals surface area contributed by atoms with Crippen LogP contribution in [0.25, 0.3) is 0 Å². The molecule has 0 radical (unpaired) electrons. The smallest absolute Gasteiger partial charge is 0.0655 e. The fraction of sp³-hybridized carbons (Fsp3) is 0.538. The number of hydrogen-bond acceptors (Lipinski definition) is 2. The molecule has 0 saturated carbocycles. The van der Waals surface area contributed by atoms with E-state index < -0.39 is 0 Å². The summed E-state index contributed by atoms with van der Waals surface area (Å²) in [5, 5.41) is 0. The van der Waals surface area contributed by atoms with Crippen molar-refractivity contribution in [1.82, 2.24) is 0 Å². The van der Waals surface area contributed by atoms with Gasteiger partial charge in [-0.05, 0) is 16.5 Å². The molecule has 1 atom stereocenters. The fourth-order valence-corrected chi connectivity index (χ4v) is 1.51. The van der Waals surface area contributed by atoms with Crippen molar-refractivity contribution in [2.45, 2.75) is 32.2 Å². The largest absolute Gasteiger partial charge is 0.383 e. The zero-order valence-corrected chi connectivity index (χ0v) is 10.1. The molecule has 0 bridgehead atoms. The van der Waals surface area contributed by atoms with Crippen LogP contribution in [0.3, 0.4) is 0 Å². The van der Waals surface area contributed by atoms with E-state index in [0.717, 1.165) is 5.56 Å². The number of rotatable bonds is 3. The van der Waals surface area contributed by atoms with Gasteiger partial charge in [0.05, 0.1) is 12.6 Å². The first-order chi connectivity index (χ1) is 6.95. The Hall–Kier alpha value is -0.860. The molecule has 1 aromatic rings. The minimum atomic E-state index is -0.0241. The normalized spacial score (nSPS) is 13.9. The Bertz CT molecular complexity index is 297. The lowest BCUT2D eigenvalue weighted by Crippen LogP contribution is -2.17. The van der Waals surface area contributed by atoms with E-state index in [9.17, 15) is 0 Å². The molecule has 84 valence electrons. The average Bonchev–Trinajstić information content (AvgIpc) is 2.17. The molecule has 0 spiro atoms. The number of benzene rings is 1. The number of ether oxygens (including phenoxy) is 1. The second-order valence-corrected chi connectivity index (χ2v) is 4.93. The number of nitrogens with two attached hydrogens (primary N) is 1. The predicted molar refractivity (Wildman–Crippen MR) is 63.9 cm³/mol. The van der Waals surface area contributed by atoms with Crippen LogP contribution in [0.1, 0.15) is 37.9 Å². The van der Waals surface area contributed by atoms with Gasteiger partial charge in [-0.15, -0.1) is 0 Å². The van der Waals surface area contributed by atoms with Gasteiger partial charge >= 0.3 is 0 Å². The van der Waals surface area contributed by atoms with Gasteiger partial charge in [0.25, 0.3) is 0 Å². The van der Waals surface area contributed by atoms with Gasteiger partial charge in [0, 0.05) is 7.11 Å². The van der Waals surface area contributed by atoms with Gasteiger partial charge < -0.3 is 10.5 Å². The van der Waals surface area contributed by atoms with E-state index in [2.05, 4.69) is 45.0 Å². The average molecular weight is 207 g/mol. The standard InChI is InChI=1S/C13H21NO/c1-13(2,3)11-7-5-10(6-8-11)12(14)9-15-4/h5-8,12H,9,14H2,1-4H3/t12-/m0/s1. The highest BCUT2D eigenvalue weighted by Gasteiger charge is 2.13. The maximum absolute atomic E-state index is 5.94. The molecule has 0 saturated heterocycles. The SMILES string of the molecule is COC[C@H](N)c1ccc(C(C)(C)C)cc1. The van der Waals surface area contributed by atoms with E-state index in [4.69, 9.17) is 10.5 Å². The highest BCUT2D eigenvalue weighted by atomic mass is 16.5. The fourth-order valence-electron chi connectivity index (χ4n) is 1.51. The lowest BCUT2D eigenvalue weighted by molar-refractivity contribution is 0.181. The van der Waals surface area contributed by atoms with Gasteiger partial charge in [-0.25, -0.2) is 0 Å². The van der Waals surface area contributed by atoms with Crippen molar-refractivity contribution < 1.29 is 4.74 Å². The second-order valence-electron chi connectivity index (χ2n) is 4.93. The Balaban J connectivity index is 2.81. The zero-order valence-electron chi connectivity index (χ0n) is 10.1. The molecule has 0 aliphatic heterocycles. The first-order valence-electron chi connectivity index (χ1n) is 5.30. The van der Waals surface area contributed by atoms with Crippen LogP contribution in [0.2, 0.25) is 0 Å². The summed E-state index contributed by atoms with van der Waals surface area (Å²) < 4.78 is 5.03. The molecule has 1 rings (SSSR count). The minimum absolute atomic E-state index is 0.0241. The topological polar surface area (TPSA) is 35.2 Å². The zero-order chi connectivity index (χ0) is 11.5. The van der Waals surface area contributed by atoms with Crippen LogP contribution in [0.15, 0.2) is 24.3 Å². The van der Waals surface area contributed by atoms with Crippen LogP contribution in [-0.4, -0.2) is 13.7 Å². The maximum Gasteiger partial charge on any atom is 0.0655 e. The number of hydrogen-bond donors (Lipinski definition) is 1. The molecule has 0 fully saturated rings. The van der Waals surface area contributed by atoms with E-state index in [0.29, 0.717) is 6.61 Å². The van der Waals surface area contributed by atoms with Crippen molar-refractivity contribution in [3.05, 3.63) is 35.4 Å². The molecule has 0 aromatic heterocycles. The number of methoxy groups -OCH3 is 1. The Morgan fingerprint density at radius 2 is 1.73 bits per heavy atom. The second kappa shape index (κ2) is 4.77. The van der Waals surface area contributed by atoms with E-state index in [1.807, 2.05) is 0 Å². The summed E-state index contributed by atoms with van der Waals surface area (Å²) in [4.78, 5) is 0. The van der Waals surface area contributed by atoms with E-state index in [1.165, 1.54) is 5.56 Å². The van der Waals surface area contributed by atoms with Crippen molar-refractivity contribution >= 4 is 0 Å². The van der Waals surface area contributed by atoms with E-state index >= 15 is 0 Å². The van der Waals surface area contributed by atoms with Gasteiger partial charge in [-0.2, -0.15) is 0 Å². The lowest BCUT2D eigenvalue weighted by atomic mass is 9.86. The highest BCUT2D eigenvalue weighted by molar-refractivity contribution is 5.29. The summed E-state index contributed by atoms with van der Waals surface area (Å²) in [6.45, 7) is 7.18. The third-order valence-corrected chi connectivity index (χ3v) is 2.55. The van der Waals surface area contributed by atoms with E-state index in [1.54, 1.807) is 7.11 Å². The minimum Gasteiger partial charge on any atom is -0.383 e. The van der Waals surface area contributed by atoms with Gasteiger partial charge in [0.1, 0.15) is 0 Å². The first-order valence-corrected chi connectivity index (χ1v) is 5.30. The molecule has 2 nitrogen and oxygen atoms in total.